The van der Waals surface area contributed by atoms with Gasteiger partial charge >= 0.3 is 0 Å². The molecule has 2 heterocycles. The van der Waals surface area contributed by atoms with Gasteiger partial charge in [-0.2, -0.15) is 0 Å². The minimum atomic E-state index is 0.0115. The van der Waals surface area contributed by atoms with Crippen LogP contribution in [0.5, 0.6) is 0 Å². The van der Waals surface area contributed by atoms with E-state index in [0.29, 0.717) is 44.3 Å². The first-order valence-corrected chi connectivity index (χ1v) is 11.3. The van der Waals surface area contributed by atoms with Gasteiger partial charge in [0.2, 0.25) is 5.91 Å². The summed E-state index contributed by atoms with van der Waals surface area (Å²) < 4.78 is 0. The highest BCUT2D eigenvalue weighted by molar-refractivity contribution is 7.99. The third-order valence-corrected chi connectivity index (χ3v) is 6.70. The molecule has 0 atom stereocenters. The molecular weight excluding hydrogens is 396 g/mol. The lowest BCUT2D eigenvalue weighted by molar-refractivity contribution is -0.122. The first-order valence-electron chi connectivity index (χ1n) is 10.5. The van der Waals surface area contributed by atoms with E-state index in [4.69, 9.17) is 0 Å². The molecule has 4 rings (SSSR count). The summed E-state index contributed by atoms with van der Waals surface area (Å²) in [5.41, 5.74) is 3.04. The summed E-state index contributed by atoms with van der Waals surface area (Å²) in [7, 11) is 0. The van der Waals surface area contributed by atoms with Gasteiger partial charge in [0.1, 0.15) is 5.03 Å². The summed E-state index contributed by atoms with van der Waals surface area (Å²) in [6.07, 6.45) is 3.93. The maximum Gasteiger partial charge on any atom is 0.256 e. The Labute approximate surface area is 182 Å². The van der Waals surface area contributed by atoms with Crippen molar-refractivity contribution in [3.63, 3.8) is 0 Å². The number of amides is 2. The highest BCUT2D eigenvalue weighted by atomic mass is 32.2. The highest BCUT2D eigenvalue weighted by Crippen LogP contribution is 2.32. The molecular formula is C23H28N4O2S. The second-order valence-corrected chi connectivity index (χ2v) is 9.17. The van der Waals surface area contributed by atoms with Gasteiger partial charge in [-0.3, -0.25) is 14.5 Å². The molecule has 0 unspecified atom stereocenters. The predicted octanol–water partition coefficient (Wildman–Crippen LogP) is 2.89. The number of pyridine rings is 1. The van der Waals surface area contributed by atoms with Crippen LogP contribution < -0.4 is 5.32 Å². The Hall–Kier alpha value is -2.38. The molecule has 2 amide bonds. The smallest absolute Gasteiger partial charge is 0.256 e. The van der Waals surface area contributed by atoms with Crippen molar-refractivity contribution in [1.29, 1.82) is 0 Å². The Morgan fingerprint density at radius 2 is 1.90 bits per heavy atom. The molecule has 0 spiro atoms. The average Bonchev–Trinajstić information content (AvgIpc) is 3.54. The summed E-state index contributed by atoms with van der Waals surface area (Å²) in [4.78, 5) is 34.8. The number of aromatic nitrogens is 1. The number of benzene rings is 1. The van der Waals surface area contributed by atoms with Crippen molar-refractivity contribution in [3.8, 4) is 0 Å². The van der Waals surface area contributed by atoms with Crippen molar-refractivity contribution < 1.29 is 9.59 Å². The number of piperazine rings is 1. The van der Waals surface area contributed by atoms with Gasteiger partial charge in [0, 0.05) is 43.3 Å². The lowest BCUT2D eigenvalue weighted by Crippen LogP contribution is -2.51. The van der Waals surface area contributed by atoms with Gasteiger partial charge in [0.05, 0.1) is 12.1 Å². The van der Waals surface area contributed by atoms with E-state index >= 15 is 0 Å². The minimum Gasteiger partial charge on any atom is -0.352 e. The number of aryl methyl sites for hydroxylation is 2. The average molecular weight is 425 g/mol. The van der Waals surface area contributed by atoms with Crippen molar-refractivity contribution in [2.75, 3.05) is 32.7 Å². The number of hydrogen-bond acceptors (Lipinski definition) is 5. The largest absolute Gasteiger partial charge is 0.352 e. The van der Waals surface area contributed by atoms with Crippen molar-refractivity contribution in [3.05, 3.63) is 53.2 Å². The molecule has 30 heavy (non-hydrogen) atoms. The van der Waals surface area contributed by atoms with Crippen molar-refractivity contribution in [2.45, 2.75) is 42.7 Å². The van der Waals surface area contributed by atoms with E-state index in [9.17, 15) is 9.59 Å². The van der Waals surface area contributed by atoms with E-state index in [0.717, 1.165) is 22.8 Å². The molecule has 0 bridgehead atoms. The Kier molecular flexibility index (Phi) is 6.39. The molecule has 2 aliphatic rings. The molecule has 6 nitrogen and oxygen atoms in total. The molecule has 158 valence electrons. The number of rotatable bonds is 6. The molecule has 1 aliphatic heterocycles. The Morgan fingerprint density at radius 3 is 2.60 bits per heavy atom. The van der Waals surface area contributed by atoms with Crippen LogP contribution in [0.2, 0.25) is 0 Å². The number of hydrogen-bond donors (Lipinski definition) is 1. The van der Waals surface area contributed by atoms with Crippen molar-refractivity contribution in [2.24, 2.45) is 0 Å². The zero-order valence-electron chi connectivity index (χ0n) is 17.6. The summed E-state index contributed by atoms with van der Waals surface area (Å²) >= 11 is 1.54. The number of carbonyl (C=O) groups excluding carboxylic acids is 2. The maximum absolute atomic E-state index is 13.2. The SMILES string of the molecule is Cc1ccc(Sc2ncccc2C(=O)N2CCN(CC(=O)NC3CC3)CC2)c(C)c1. The molecule has 0 radical (unpaired) electrons. The van der Waals surface area contributed by atoms with E-state index in [1.165, 1.54) is 11.1 Å². The fourth-order valence-electron chi connectivity index (χ4n) is 3.64. The van der Waals surface area contributed by atoms with Gasteiger partial charge in [-0.1, -0.05) is 29.5 Å². The molecule has 7 heteroatoms. The molecule has 1 saturated carbocycles. The van der Waals surface area contributed by atoms with Crippen LogP contribution >= 0.6 is 11.8 Å². The topological polar surface area (TPSA) is 65.5 Å². The molecule has 1 aromatic heterocycles. The summed E-state index contributed by atoms with van der Waals surface area (Å²) in [6, 6.07) is 10.4. The number of nitrogens with one attached hydrogen (secondary N) is 1. The summed E-state index contributed by atoms with van der Waals surface area (Å²) in [5.74, 6) is 0.106. The van der Waals surface area contributed by atoms with E-state index in [-0.39, 0.29) is 11.8 Å². The van der Waals surface area contributed by atoms with Gasteiger partial charge < -0.3 is 10.2 Å². The van der Waals surface area contributed by atoms with E-state index in [1.807, 2.05) is 17.0 Å². The Balaban J connectivity index is 1.38. The fourth-order valence-corrected chi connectivity index (χ4v) is 4.58. The van der Waals surface area contributed by atoms with Crippen LogP contribution in [0.4, 0.5) is 0 Å². The molecule has 1 N–H and O–H groups in total. The first-order chi connectivity index (χ1) is 14.5. The van der Waals surface area contributed by atoms with Crippen LogP contribution in [0, 0.1) is 13.8 Å². The van der Waals surface area contributed by atoms with Gasteiger partial charge in [0.25, 0.3) is 5.91 Å². The zero-order chi connectivity index (χ0) is 21.1. The first kappa shape index (κ1) is 20.9. The van der Waals surface area contributed by atoms with Crippen LogP contribution in [-0.2, 0) is 4.79 Å². The van der Waals surface area contributed by atoms with Crippen LogP contribution in [0.1, 0.15) is 34.3 Å². The normalized spacial score (nSPS) is 17.1. The van der Waals surface area contributed by atoms with Crippen LogP contribution in [0.25, 0.3) is 0 Å². The van der Waals surface area contributed by atoms with Crippen molar-refractivity contribution >= 4 is 23.6 Å². The van der Waals surface area contributed by atoms with Crippen LogP contribution in [0.15, 0.2) is 46.5 Å². The third-order valence-electron chi connectivity index (χ3n) is 5.51. The molecule has 1 aromatic carbocycles. The van der Waals surface area contributed by atoms with E-state index in [1.54, 1.807) is 18.0 Å². The summed E-state index contributed by atoms with van der Waals surface area (Å²) in [5, 5.41) is 3.76. The molecule has 2 aromatic rings. The predicted molar refractivity (Wildman–Crippen MR) is 118 cm³/mol. The number of nitrogens with zero attached hydrogens (tertiary/aromatic N) is 3. The number of carbonyl (C=O) groups is 2. The minimum absolute atomic E-state index is 0.0115. The summed E-state index contributed by atoms with van der Waals surface area (Å²) in [6.45, 7) is 7.24. The van der Waals surface area contributed by atoms with E-state index < -0.39 is 0 Å². The monoisotopic (exact) mass is 424 g/mol. The Bertz CT molecular complexity index is 937. The molecule has 2 fully saturated rings. The van der Waals surface area contributed by atoms with Crippen molar-refractivity contribution in [1.82, 2.24) is 20.1 Å². The van der Waals surface area contributed by atoms with Gasteiger partial charge in [-0.05, 0) is 50.5 Å². The second-order valence-electron chi connectivity index (χ2n) is 8.14. The standard InChI is InChI=1S/C23H28N4O2S/c1-16-5-8-20(17(2)14-16)30-22-19(4-3-9-24-22)23(29)27-12-10-26(11-13-27)15-21(28)25-18-6-7-18/h3-5,8-9,14,18H,6-7,10-13,15H2,1-2H3,(H,25,28). The highest BCUT2D eigenvalue weighted by Gasteiger charge is 2.27. The Morgan fingerprint density at radius 1 is 1.13 bits per heavy atom. The second kappa shape index (κ2) is 9.18. The fraction of sp³-hybridized carbons (Fsp3) is 0.435. The molecule has 1 aliphatic carbocycles. The van der Waals surface area contributed by atoms with Gasteiger partial charge in [-0.25, -0.2) is 4.98 Å². The lowest BCUT2D eigenvalue weighted by atomic mass is 10.2. The molecule has 1 saturated heterocycles. The quantitative estimate of drug-likeness (QED) is 0.773. The zero-order valence-corrected chi connectivity index (χ0v) is 18.4. The lowest BCUT2D eigenvalue weighted by Gasteiger charge is -2.34. The maximum atomic E-state index is 13.2. The van der Waals surface area contributed by atoms with E-state index in [2.05, 4.69) is 47.2 Å². The van der Waals surface area contributed by atoms with Crippen LogP contribution in [-0.4, -0.2) is 65.4 Å². The van der Waals surface area contributed by atoms with Gasteiger partial charge in [-0.15, -0.1) is 0 Å². The van der Waals surface area contributed by atoms with Crippen LogP contribution in [0.3, 0.4) is 0 Å². The van der Waals surface area contributed by atoms with Gasteiger partial charge in [0.15, 0.2) is 0 Å². The third kappa shape index (κ3) is 5.21.